The molecule has 2 aliphatic carbocycles. The van der Waals surface area contributed by atoms with E-state index < -0.39 is 41.9 Å². The van der Waals surface area contributed by atoms with E-state index in [0.29, 0.717) is 108 Å². The number of carboxylic acid groups (broad SMARTS) is 2. The molecule has 0 bridgehead atoms. The smallest absolute Gasteiger partial charge is 0.331 e. The summed E-state index contributed by atoms with van der Waals surface area (Å²) < 4.78 is 104. The van der Waals surface area contributed by atoms with Crippen molar-refractivity contribution in [3.05, 3.63) is 0 Å². The second-order valence-electron chi connectivity index (χ2n) is 37.3. The number of aliphatic hydroxyl groups excluding tert-OH is 5. The third-order valence-electron chi connectivity index (χ3n) is 15.0. The highest BCUT2D eigenvalue weighted by atomic mass is 16.6. The molecule has 43 heteroatoms. The third kappa shape index (κ3) is 237. The van der Waals surface area contributed by atoms with Crippen molar-refractivity contribution in [2.45, 2.75) is 449 Å². The average molecular weight is 2170 g/mol. The second kappa shape index (κ2) is 136. The van der Waals surface area contributed by atoms with Gasteiger partial charge in [0.15, 0.2) is 0 Å². The van der Waals surface area contributed by atoms with E-state index in [1.165, 1.54) is 57.3 Å². The summed E-state index contributed by atoms with van der Waals surface area (Å²) in [6.45, 7) is 83.6. The van der Waals surface area contributed by atoms with E-state index in [1.54, 1.807) is 21.0 Å². The van der Waals surface area contributed by atoms with E-state index in [0.717, 1.165) is 64.5 Å². The van der Waals surface area contributed by atoms with Crippen molar-refractivity contribution in [1.82, 2.24) is 11.0 Å². The highest BCUT2D eigenvalue weighted by molar-refractivity contribution is 5.76. The van der Waals surface area contributed by atoms with Crippen LogP contribution in [0.5, 0.6) is 0 Å². The molecule has 2 atom stereocenters. The van der Waals surface area contributed by atoms with Gasteiger partial charge in [-0.15, -0.1) is 0 Å². The van der Waals surface area contributed by atoms with Gasteiger partial charge in [0, 0.05) is 52.4 Å². The molecule has 1 aliphatic heterocycles. The monoisotopic (exact) mass is 2170 g/mol. The van der Waals surface area contributed by atoms with Gasteiger partial charge in [-0.25, -0.2) is 20.5 Å². The number of methoxy groups -OCH3 is 3. The predicted octanol–water partition coefficient (Wildman–Crippen LogP) is 13.0. The lowest BCUT2D eigenvalue weighted by atomic mass is 9.86. The number of ether oxygens (including phenoxy) is 21. The molecule has 4 amide bonds. The molecule has 2 saturated carbocycles. The molecule has 0 spiro atoms. The summed E-state index contributed by atoms with van der Waals surface area (Å²) >= 11 is 0. The normalized spacial score (nSPS) is 12.3. The Morgan fingerprint density at radius 1 is 0.318 bits per heavy atom. The van der Waals surface area contributed by atoms with Crippen LogP contribution in [0.4, 0.5) is 0 Å². The van der Waals surface area contributed by atoms with Crippen LogP contribution in [-0.2, 0) is 138 Å². The molecular formula is C105H229N5O38. The molecule has 0 radical (unpaired) electrons. The Balaban J connectivity index is -0.0000000975. The summed E-state index contributed by atoms with van der Waals surface area (Å²) in [5.74, 6) is -1.46. The molecule has 3 aliphatic rings. The van der Waals surface area contributed by atoms with E-state index in [1.807, 2.05) is 187 Å². The fourth-order valence-corrected chi connectivity index (χ4v) is 7.06. The zero-order valence-corrected chi connectivity index (χ0v) is 100. The minimum atomic E-state index is -0.918. The summed E-state index contributed by atoms with van der Waals surface area (Å²) in [6, 6.07) is 0. The average Bonchev–Trinajstić information content (AvgIpc) is 1.88. The van der Waals surface area contributed by atoms with E-state index in [-0.39, 0.29) is 157 Å². The number of carbonyl (C=O) groups is 8. The Kier molecular flexibility index (Phi) is 161. The topological polar surface area (TPSA) is 615 Å². The second-order valence-corrected chi connectivity index (χ2v) is 37.3. The molecule has 1 saturated heterocycles. The van der Waals surface area contributed by atoms with Crippen molar-refractivity contribution >= 4 is 47.5 Å². The summed E-state index contributed by atoms with van der Waals surface area (Å²) in [6.07, 6.45) is 11.7. The van der Waals surface area contributed by atoms with Crippen molar-refractivity contribution < 1.29 is 184 Å². The van der Waals surface area contributed by atoms with Gasteiger partial charge < -0.3 is 152 Å². The number of hydrogen-bond acceptors (Lipinski definition) is 37. The molecule has 902 valence electrons. The number of carboxylic acids is 2. The maximum Gasteiger partial charge on any atom is 0.331 e. The van der Waals surface area contributed by atoms with E-state index in [9.17, 15) is 38.4 Å². The van der Waals surface area contributed by atoms with Crippen LogP contribution in [0.15, 0.2) is 0 Å². The van der Waals surface area contributed by atoms with Crippen LogP contribution < -0.4 is 28.2 Å². The summed E-state index contributed by atoms with van der Waals surface area (Å²) in [4.78, 5) is 81.2. The van der Waals surface area contributed by atoms with Gasteiger partial charge in [-0.05, 0) is 300 Å². The fourth-order valence-electron chi connectivity index (χ4n) is 7.06. The lowest BCUT2D eigenvalue weighted by Crippen LogP contribution is -2.32. The van der Waals surface area contributed by atoms with Crippen molar-refractivity contribution in [2.24, 2.45) is 35.0 Å². The Morgan fingerprint density at radius 3 is 0.824 bits per heavy atom. The lowest BCUT2D eigenvalue weighted by molar-refractivity contribution is -0.147. The maximum absolute atomic E-state index is 10.5. The molecule has 43 nitrogen and oxygen atoms in total. The molecule has 148 heavy (non-hydrogen) atoms. The van der Waals surface area contributed by atoms with Gasteiger partial charge in [0.2, 0.25) is 17.7 Å². The van der Waals surface area contributed by atoms with Crippen LogP contribution in [0.3, 0.4) is 0 Å². The minimum Gasteiger partial charge on any atom is -0.481 e. The number of rotatable bonds is 57. The van der Waals surface area contributed by atoms with Crippen LogP contribution in [-0.4, -0.2) is 389 Å². The first-order chi connectivity index (χ1) is 68.7. The number of amides is 4. The van der Waals surface area contributed by atoms with Crippen molar-refractivity contribution in [1.29, 1.82) is 0 Å². The predicted molar refractivity (Wildman–Crippen MR) is 579 cm³/mol. The van der Waals surface area contributed by atoms with Crippen molar-refractivity contribution in [3.8, 4) is 0 Å². The number of aliphatic carboxylic acids is 2. The molecule has 0 aromatic carbocycles. The first-order valence-corrected chi connectivity index (χ1v) is 52.2. The molecule has 1 heterocycles. The Morgan fingerprint density at radius 2 is 0.615 bits per heavy atom. The van der Waals surface area contributed by atoms with Gasteiger partial charge in [-0.3, -0.25) is 39.2 Å². The van der Waals surface area contributed by atoms with Gasteiger partial charge in [0.1, 0.15) is 38.6 Å². The van der Waals surface area contributed by atoms with Gasteiger partial charge in [0.05, 0.1) is 236 Å². The molecule has 0 aromatic heterocycles. The third-order valence-corrected chi connectivity index (χ3v) is 15.0. The highest BCUT2D eigenvalue weighted by Gasteiger charge is 2.22. The van der Waals surface area contributed by atoms with Gasteiger partial charge >= 0.3 is 23.9 Å². The van der Waals surface area contributed by atoms with Crippen LogP contribution >= 0.6 is 0 Å². The number of nitrogens with one attached hydrogen (secondary N) is 2. The highest BCUT2D eigenvalue weighted by Crippen LogP contribution is 2.29. The molecule has 0 aromatic rings. The SMILES string of the molecule is CC(C)OCC(=O)NO.CC(C)OCC(=O)O.CC(C)OCC(N)=O.CC(C)OCC1CC1.CC(C)OCC1CCC1.CC(C)OCC1COC1.CC(C)OCCC(=O)NO.CC(C)OCCC(=O)O.CC(C)OCCC(N)=O.CC(C)OCCN.CC(C)OCCO.CC(C)OC[C@@H](O)CO.CC(C)OC[C@H](O)CO.CCCOC(C)C.CCOC(C)C.COC(=O)CCOC(C)C.COC(=O)COC(C)C.COC(C)C. The van der Waals surface area contributed by atoms with E-state index >= 15 is 0 Å². The fraction of sp³-hybridized carbons (Fsp3) is 0.924. The number of esters is 2. The summed E-state index contributed by atoms with van der Waals surface area (Å²) in [7, 11) is 4.41. The van der Waals surface area contributed by atoms with Crippen LogP contribution in [0.1, 0.15) is 327 Å². The molecule has 3 rings (SSSR count). The van der Waals surface area contributed by atoms with Crippen LogP contribution in [0.2, 0.25) is 0 Å². The summed E-state index contributed by atoms with van der Waals surface area (Å²) in [5, 5.41) is 74.5. The minimum absolute atomic E-state index is 0.00565. The zero-order chi connectivity index (χ0) is 118. The van der Waals surface area contributed by atoms with Gasteiger partial charge in [-0.2, -0.15) is 0 Å². The Bertz CT molecular complexity index is 2450. The van der Waals surface area contributed by atoms with Gasteiger partial charge in [-0.1, -0.05) is 13.3 Å². The molecular weight excluding hydrogens is 1940 g/mol. The number of nitrogens with two attached hydrogens (primary N) is 3. The number of aliphatic hydroxyl groups is 5. The van der Waals surface area contributed by atoms with E-state index in [4.69, 9.17) is 153 Å². The first kappa shape index (κ1) is 176. The van der Waals surface area contributed by atoms with Crippen LogP contribution in [0, 0.1) is 17.8 Å². The molecule has 0 unspecified atom stereocenters. The zero-order valence-electron chi connectivity index (χ0n) is 100. The number of carbonyl (C=O) groups excluding carboxylic acids is 6. The number of primary amides is 2. The standard InChI is InChI=1S/C8H16O.C7H14O3.C7H14O2.C7H14O.C6H13NO3.C6H13NO2.C6H12O3.2C6H14O3.C6H12O3.C6H14O.C5H11NO3.C5H11NO2.C5H13NO.C5H10O3.C5H12O2.C5H12O.C4H10O/c1-7(2)9-6-8-4-3-5-8;1-6(2)10-5-4-7(8)9-3;1-6(2)9-5-7-3-8-4-7;1-6(2)8-5-7-3-4-7;1-5(2)10-4-3-6(8)7-9;1-5(2)9-4-3-6(7)8;1-5(2)9-4-6(7)8-3;2*1-5(2)9-4-6(8)3-7;1-5(2)9-4-3-6(7)8;1-4-5-7-6(2)3;1-4(2)9-3-5(7)6-8;1-4(2)8-3-5(6)7;1-5(2)7-4-3-6;1-4(2)8-3-5(6)7;1-5(2)7-4-3-6;1-4-6-5(2)3;1-4(2)5-3/h7-8H,3-6H2,1-2H3;6H,4-5H2,1-3H3;6-7H,3-5H2,1-2H3;6-7H,3-5H2,1-2H3;5,9H,3-4H2,1-2H3,(H,7,8);5H,3-4H2,1-2H3,(H2,7,8);5H,4H2,1-3H3;2*5-8H,3-4H2,1-2H3;5H,3-4H2,1-2H3,(H,7,8);6H,4-5H2,1-3H3;4,8H,3H2,1-2H3,(H,6,7);4H,3H2,1-2H3,(H2,6,7);5H,3-4,6H2,1-2H3;4H,3H2,1-2H3,(H,6,7);5-6H,3-4H2,1-2H3;5H,4H2,1-3H3;4H,1-3H3/t;;;;;;;2*6-;;;;;;;;;/m.......10........./s1. The van der Waals surface area contributed by atoms with E-state index in [2.05, 4.69) is 71.8 Å². The Labute approximate surface area is 896 Å². The summed E-state index contributed by atoms with van der Waals surface area (Å²) in [5.41, 5.74) is 17.8. The number of hydrogen-bond donors (Lipinski definition) is 14. The van der Waals surface area contributed by atoms with Crippen molar-refractivity contribution in [3.63, 3.8) is 0 Å². The Hall–Kier alpha value is -5.32. The quantitative estimate of drug-likeness (QED) is 0.0153. The molecule has 3 fully saturated rings. The largest absolute Gasteiger partial charge is 0.481 e. The first-order valence-electron chi connectivity index (χ1n) is 52.2. The molecule has 17 N–H and O–H groups in total. The number of hydroxylamine groups is 2. The maximum atomic E-state index is 10.5. The van der Waals surface area contributed by atoms with Crippen molar-refractivity contribution in [2.75, 3.05) is 173 Å². The lowest BCUT2D eigenvalue weighted by Gasteiger charge is -2.26. The van der Waals surface area contributed by atoms with Crippen LogP contribution in [0.25, 0.3) is 0 Å². The van der Waals surface area contributed by atoms with Gasteiger partial charge in [0.25, 0.3) is 5.91 Å².